The third-order valence-corrected chi connectivity index (χ3v) is 7.64. The van der Waals surface area contributed by atoms with Crippen molar-refractivity contribution in [1.29, 1.82) is 0 Å². The van der Waals surface area contributed by atoms with Crippen LogP contribution in [0.5, 0.6) is 11.5 Å². The van der Waals surface area contributed by atoms with E-state index in [9.17, 15) is 10.2 Å². The van der Waals surface area contributed by atoms with E-state index in [1.54, 1.807) is 0 Å². The molecule has 0 aromatic heterocycles. The van der Waals surface area contributed by atoms with Crippen LogP contribution in [0.3, 0.4) is 0 Å². The van der Waals surface area contributed by atoms with Crippen LogP contribution in [0.15, 0.2) is 146 Å². The molecule has 238 valence electrons. The van der Waals surface area contributed by atoms with Gasteiger partial charge >= 0.3 is 0 Å². The Labute approximate surface area is 273 Å². The smallest absolute Gasteiger partial charge is 0.119 e. The summed E-state index contributed by atoms with van der Waals surface area (Å²) in [6.45, 7) is 4.27. The van der Waals surface area contributed by atoms with Gasteiger partial charge in [-0.25, -0.2) is 0 Å². The lowest BCUT2D eigenvalue weighted by molar-refractivity contribution is 0.0615. The second-order valence-corrected chi connectivity index (χ2v) is 11.7. The molecule has 5 aromatic carbocycles. The SMILES string of the molecule is O[C@@H](COc1ccc(OC[C@H](O)CN(Cc2ccccc2)Cc2ccccc2)cc1)CN(Cc1ccccc1)Cc1ccccc1. The Hall–Kier alpha value is -4.46. The lowest BCUT2D eigenvalue weighted by Crippen LogP contribution is -2.35. The van der Waals surface area contributed by atoms with Crippen LogP contribution in [0, 0.1) is 0 Å². The molecular formula is C40H44N2O4. The topological polar surface area (TPSA) is 65.4 Å². The first-order valence-electron chi connectivity index (χ1n) is 15.9. The van der Waals surface area contributed by atoms with Gasteiger partial charge in [0.05, 0.1) is 0 Å². The van der Waals surface area contributed by atoms with Gasteiger partial charge in [0.2, 0.25) is 0 Å². The molecule has 6 nitrogen and oxygen atoms in total. The predicted molar refractivity (Wildman–Crippen MR) is 183 cm³/mol. The molecule has 2 N–H and O–H groups in total. The van der Waals surface area contributed by atoms with Crippen molar-refractivity contribution in [1.82, 2.24) is 9.80 Å². The molecule has 0 aliphatic heterocycles. The van der Waals surface area contributed by atoms with Crippen molar-refractivity contribution >= 4 is 0 Å². The lowest BCUT2D eigenvalue weighted by Gasteiger charge is -2.26. The Morgan fingerprint density at radius 2 is 0.652 bits per heavy atom. The van der Waals surface area contributed by atoms with Crippen molar-refractivity contribution < 1.29 is 19.7 Å². The second-order valence-electron chi connectivity index (χ2n) is 11.7. The standard InChI is InChI=1S/C40H44N2O4/c43-37(29-41(25-33-13-5-1-6-14-33)26-34-15-7-2-8-16-34)31-45-39-21-23-40(24-22-39)46-32-38(44)30-42(27-35-17-9-3-10-18-35)28-36-19-11-4-12-20-36/h1-24,37-38,43-44H,25-32H2/t37-,38-/m1/s1. The Kier molecular flexibility index (Phi) is 12.8. The zero-order valence-corrected chi connectivity index (χ0v) is 26.3. The molecule has 46 heavy (non-hydrogen) atoms. The van der Waals surface area contributed by atoms with Gasteiger partial charge in [-0.1, -0.05) is 121 Å². The molecular weight excluding hydrogens is 572 g/mol. The van der Waals surface area contributed by atoms with Gasteiger partial charge in [-0.15, -0.1) is 0 Å². The van der Waals surface area contributed by atoms with Gasteiger partial charge in [-0.3, -0.25) is 9.80 Å². The summed E-state index contributed by atoms with van der Waals surface area (Å²) in [4.78, 5) is 4.48. The monoisotopic (exact) mass is 616 g/mol. The van der Waals surface area contributed by atoms with Crippen LogP contribution in [0.1, 0.15) is 22.3 Å². The Bertz CT molecular complexity index is 1320. The van der Waals surface area contributed by atoms with Gasteiger partial charge in [0.1, 0.15) is 36.9 Å². The largest absolute Gasteiger partial charge is 0.491 e. The van der Waals surface area contributed by atoms with Crippen LogP contribution in [-0.4, -0.2) is 58.5 Å². The van der Waals surface area contributed by atoms with E-state index in [4.69, 9.17) is 9.47 Å². The Morgan fingerprint density at radius 3 is 0.913 bits per heavy atom. The van der Waals surface area contributed by atoms with Crippen molar-refractivity contribution in [2.24, 2.45) is 0 Å². The highest BCUT2D eigenvalue weighted by Gasteiger charge is 2.16. The summed E-state index contributed by atoms with van der Waals surface area (Å²) in [5.74, 6) is 1.31. The summed E-state index contributed by atoms with van der Waals surface area (Å²) in [5.41, 5.74) is 4.81. The minimum atomic E-state index is -0.659. The molecule has 6 heteroatoms. The van der Waals surface area contributed by atoms with Crippen molar-refractivity contribution in [3.8, 4) is 11.5 Å². The number of hydrogen-bond donors (Lipinski definition) is 2. The van der Waals surface area contributed by atoms with E-state index in [-0.39, 0.29) is 13.2 Å². The molecule has 0 heterocycles. The fourth-order valence-corrected chi connectivity index (χ4v) is 5.45. The van der Waals surface area contributed by atoms with Crippen LogP contribution >= 0.6 is 0 Å². The minimum absolute atomic E-state index is 0.178. The fraction of sp³-hybridized carbons (Fsp3) is 0.250. The van der Waals surface area contributed by atoms with E-state index >= 15 is 0 Å². The van der Waals surface area contributed by atoms with Crippen molar-refractivity contribution in [3.63, 3.8) is 0 Å². The van der Waals surface area contributed by atoms with Crippen LogP contribution in [0.2, 0.25) is 0 Å². The number of hydrogen-bond acceptors (Lipinski definition) is 6. The van der Waals surface area contributed by atoms with Gasteiger partial charge < -0.3 is 19.7 Å². The predicted octanol–water partition coefficient (Wildman–Crippen LogP) is 6.57. The molecule has 0 aliphatic rings. The number of aliphatic hydroxyl groups excluding tert-OH is 2. The van der Waals surface area contributed by atoms with Gasteiger partial charge in [0.25, 0.3) is 0 Å². The molecule has 0 radical (unpaired) electrons. The fourth-order valence-electron chi connectivity index (χ4n) is 5.45. The maximum absolute atomic E-state index is 10.9. The first kappa shape index (κ1) is 32.9. The molecule has 5 rings (SSSR count). The first-order chi connectivity index (χ1) is 22.6. The molecule has 0 amide bonds. The number of aliphatic hydroxyl groups is 2. The first-order valence-corrected chi connectivity index (χ1v) is 15.9. The van der Waals surface area contributed by atoms with Crippen molar-refractivity contribution in [3.05, 3.63) is 168 Å². The highest BCUT2D eigenvalue weighted by atomic mass is 16.5. The van der Waals surface area contributed by atoms with E-state index in [1.807, 2.05) is 97.1 Å². The van der Waals surface area contributed by atoms with E-state index < -0.39 is 12.2 Å². The highest BCUT2D eigenvalue weighted by Crippen LogP contribution is 2.19. The van der Waals surface area contributed by atoms with Crippen LogP contribution in [0.25, 0.3) is 0 Å². The highest BCUT2D eigenvalue weighted by molar-refractivity contribution is 5.31. The van der Waals surface area contributed by atoms with Crippen LogP contribution < -0.4 is 9.47 Å². The third kappa shape index (κ3) is 11.5. The van der Waals surface area contributed by atoms with E-state index in [1.165, 1.54) is 22.3 Å². The average molecular weight is 617 g/mol. The van der Waals surface area contributed by atoms with E-state index in [0.717, 1.165) is 26.2 Å². The van der Waals surface area contributed by atoms with Gasteiger partial charge in [-0.2, -0.15) is 0 Å². The van der Waals surface area contributed by atoms with Crippen molar-refractivity contribution in [2.45, 2.75) is 38.4 Å². The zero-order valence-electron chi connectivity index (χ0n) is 26.3. The van der Waals surface area contributed by atoms with Crippen molar-refractivity contribution in [2.75, 3.05) is 26.3 Å². The molecule has 0 spiro atoms. The lowest BCUT2D eigenvalue weighted by atomic mass is 10.1. The van der Waals surface area contributed by atoms with Gasteiger partial charge in [-0.05, 0) is 46.5 Å². The van der Waals surface area contributed by atoms with Crippen LogP contribution in [0.4, 0.5) is 0 Å². The van der Waals surface area contributed by atoms with Gasteiger partial charge in [0.15, 0.2) is 0 Å². The molecule has 0 saturated carbocycles. The molecule has 0 unspecified atom stereocenters. The summed E-state index contributed by atoms with van der Waals surface area (Å²) in [6, 6.07) is 48.5. The summed E-state index contributed by atoms with van der Waals surface area (Å²) in [7, 11) is 0. The molecule has 0 saturated heterocycles. The summed E-state index contributed by atoms with van der Waals surface area (Å²) < 4.78 is 11.9. The minimum Gasteiger partial charge on any atom is -0.491 e. The molecule has 0 bridgehead atoms. The normalized spacial score (nSPS) is 12.6. The maximum atomic E-state index is 10.9. The number of nitrogens with zero attached hydrogens (tertiary/aromatic N) is 2. The molecule has 2 atom stereocenters. The Morgan fingerprint density at radius 1 is 0.391 bits per heavy atom. The molecule has 0 aliphatic carbocycles. The summed E-state index contributed by atoms with van der Waals surface area (Å²) in [6.07, 6.45) is -1.32. The quantitative estimate of drug-likeness (QED) is 0.116. The number of rotatable bonds is 18. The zero-order chi connectivity index (χ0) is 31.8. The Balaban J connectivity index is 1.08. The number of ether oxygens (including phenoxy) is 2. The maximum Gasteiger partial charge on any atom is 0.119 e. The average Bonchev–Trinajstić information content (AvgIpc) is 3.09. The summed E-state index contributed by atoms with van der Waals surface area (Å²) in [5, 5.41) is 21.7. The van der Waals surface area contributed by atoms with E-state index in [2.05, 4.69) is 58.3 Å². The molecule has 0 fully saturated rings. The second kappa shape index (κ2) is 17.9. The molecule has 5 aromatic rings. The third-order valence-electron chi connectivity index (χ3n) is 7.64. The van der Waals surface area contributed by atoms with E-state index in [0.29, 0.717) is 24.6 Å². The van der Waals surface area contributed by atoms with Crippen LogP contribution in [-0.2, 0) is 26.2 Å². The number of benzene rings is 5. The summed E-state index contributed by atoms with van der Waals surface area (Å²) >= 11 is 0. The van der Waals surface area contributed by atoms with Gasteiger partial charge in [0, 0.05) is 39.3 Å².